The maximum Gasteiger partial charge on any atom is 0.225 e. The van der Waals surface area contributed by atoms with Gasteiger partial charge in [-0.15, -0.1) is 0 Å². The van der Waals surface area contributed by atoms with Crippen LogP contribution in [0.25, 0.3) is 0 Å². The fourth-order valence-electron chi connectivity index (χ4n) is 3.30. The van der Waals surface area contributed by atoms with Crippen molar-refractivity contribution in [3.05, 3.63) is 35.6 Å². The van der Waals surface area contributed by atoms with Crippen LogP contribution in [0.4, 0.5) is 4.39 Å². The van der Waals surface area contributed by atoms with E-state index in [-0.39, 0.29) is 29.3 Å². The minimum atomic E-state index is -0.328. The molecule has 1 aromatic carbocycles. The van der Waals surface area contributed by atoms with Crippen molar-refractivity contribution in [3.63, 3.8) is 0 Å². The molecule has 1 atom stereocenters. The molecule has 22 heavy (non-hydrogen) atoms. The summed E-state index contributed by atoms with van der Waals surface area (Å²) in [6.07, 6.45) is 3.76. The summed E-state index contributed by atoms with van der Waals surface area (Å²) in [7, 11) is 0. The molecule has 1 aliphatic carbocycles. The zero-order valence-corrected chi connectivity index (χ0v) is 12.9. The van der Waals surface area contributed by atoms with Gasteiger partial charge >= 0.3 is 0 Å². The number of hydrogen-bond donors (Lipinski definition) is 0. The van der Waals surface area contributed by atoms with E-state index in [9.17, 15) is 14.0 Å². The normalized spacial score (nSPS) is 20.7. The summed E-state index contributed by atoms with van der Waals surface area (Å²) in [4.78, 5) is 26.7. The molecular weight excluding hydrogens is 281 g/mol. The third-order valence-electron chi connectivity index (χ3n) is 5.02. The number of rotatable bonds is 4. The topological polar surface area (TPSA) is 37.4 Å². The Balaban J connectivity index is 1.55. The van der Waals surface area contributed by atoms with Gasteiger partial charge in [0, 0.05) is 30.5 Å². The molecule has 0 radical (unpaired) electrons. The van der Waals surface area contributed by atoms with Crippen LogP contribution in [0.15, 0.2) is 24.3 Å². The highest BCUT2D eigenvalue weighted by molar-refractivity contribution is 5.98. The van der Waals surface area contributed by atoms with Gasteiger partial charge in [-0.1, -0.05) is 6.92 Å². The fraction of sp³-hybridized carbons (Fsp3) is 0.556. The monoisotopic (exact) mass is 303 g/mol. The van der Waals surface area contributed by atoms with Crippen molar-refractivity contribution in [3.8, 4) is 0 Å². The van der Waals surface area contributed by atoms with Gasteiger partial charge in [0.1, 0.15) is 5.82 Å². The number of carbonyl (C=O) groups is 2. The number of nitrogens with zero attached hydrogens (tertiary/aromatic N) is 1. The second-order valence-corrected chi connectivity index (χ2v) is 6.60. The summed E-state index contributed by atoms with van der Waals surface area (Å²) in [5.74, 6) is 0.643. The van der Waals surface area contributed by atoms with E-state index < -0.39 is 0 Å². The zero-order chi connectivity index (χ0) is 15.7. The summed E-state index contributed by atoms with van der Waals surface area (Å²) in [6.45, 7) is 3.34. The summed E-state index contributed by atoms with van der Waals surface area (Å²) in [5, 5.41) is 0. The van der Waals surface area contributed by atoms with Gasteiger partial charge in [0.05, 0.1) is 0 Å². The highest BCUT2D eigenvalue weighted by Crippen LogP contribution is 2.38. The summed E-state index contributed by atoms with van der Waals surface area (Å²) < 4.78 is 12.9. The zero-order valence-electron chi connectivity index (χ0n) is 12.9. The molecule has 4 heteroatoms. The Morgan fingerprint density at radius 2 is 1.68 bits per heavy atom. The average Bonchev–Trinajstić information content (AvgIpc) is 3.38. The van der Waals surface area contributed by atoms with E-state index in [1.165, 1.54) is 25.0 Å². The summed E-state index contributed by atoms with van der Waals surface area (Å²) in [5.41, 5.74) is 0.567. The van der Waals surface area contributed by atoms with Gasteiger partial charge in [-0.2, -0.15) is 0 Å². The van der Waals surface area contributed by atoms with E-state index in [1.54, 1.807) is 12.1 Å². The van der Waals surface area contributed by atoms with E-state index in [0.29, 0.717) is 37.4 Å². The first-order valence-electron chi connectivity index (χ1n) is 8.15. The van der Waals surface area contributed by atoms with Crippen molar-refractivity contribution >= 4 is 11.7 Å². The Morgan fingerprint density at radius 1 is 1.09 bits per heavy atom. The van der Waals surface area contributed by atoms with Crippen LogP contribution in [-0.2, 0) is 4.79 Å². The molecule has 1 heterocycles. The lowest BCUT2D eigenvalue weighted by Gasteiger charge is -2.33. The van der Waals surface area contributed by atoms with E-state index in [0.717, 1.165) is 0 Å². The minimum Gasteiger partial charge on any atom is -0.342 e. The molecule has 2 aliphatic rings. The number of piperidine rings is 1. The number of Topliss-reactive ketones (excluding diaryl/α,β-unsaturated/α-hetero) is 1. The highest BCUT2D eigenvalue weighted by atomic mass is 19.1. The number of amides is 1. The predicted molar refractivity (Wildman–Crippen MR) is 81.9 cm³/mol. The molecule has 2 fully saturated rings. The number of likely N-dealkylation sites (tertiary alicyclic amines) is 1. The molecule has 0 bridgehead atoms. The molecule has 3 rings (SSSR count). The van der Waals surface area contributed by atoms with E-state index in [4.69, 9.17) is 0 Å². The van der Waals surface area contributed by atoms with Crippen molar-refractivity contribution in [2.45, 2.75) is 32.6 Å². The van der Waals surface area contributed by atoms with Gasteiger partial charge in [-0.25, -0.2) is 4.39 Å². The number of benzene rings is 1. The SMILES string of the molecule is C[C@H](C(=O)N1CCC(C(=O)c2ccc(F)cc2)CC1)C1CC1. The maximum absolute atomic E-state index is 12.9. The van der Waals surface area contributed by atoms with Crippen LogP contribution in [-0.4, -0.2) is 29.7 Å². The quantitative estimate of drug-likeness (QED) is 0.800. The third kappa shape index (κ3) is 3.21. The van der Waals surface area contributed by atoms with Crippen LogP contribution < -0.4 is 0 Å². The Bertz CT molecular complexity index is 557. The standard InChI is InChI=1S/C18H22FNO2/c1-12(13-2-3-13)18(22)20-10-8-15(9-11-20)17(21)14-4-6-16(19)7-5-14/h4-7,12-13,15H,2-3,8-11H2,1H3/t12-/m0/s1. The molecule has 1 saturated heterocycles. The van der Waals surface area contributed by atoms with E-state index >= 15 is 0 Å². The van der Waals surface area contributed by atoms with Gasteiger partial charge in [-0.05, 0) is 55.9 Å². The molecule has 1 aliphatic heterocycles. The van der Waals surface area contributed by atoms with Crippen LogP contribution >= 0.6 is 0 Å². The van der Waals surface area contributed by atoms with Crippen LogP contribution in [0.2, 0.25) is 0 Å². The molecule has 1 aromatic rings. The second kappa shape index (κ2) is 6.19. The van der Waals surface area contributed by atoms with Crippen molar-refractivity contribution in [1.82, 2.24) is 4.90 Å². The van der Waals surface area contributed by atoms with Gasteiger partial charge in [0.15, 0.2) is 5.78 Å². The highest BCUT2D eigenvalue weighted by Gasteiger charge is 2.36. The molecule has 0 unspecified atom stereocenters. The average molecular weight is 303 g/mol. The Labute approximate surface area is 130 Å². The first-order chi connectivity index (χ1) is 10.6. The molecule has 3 nitrogen and oxygen atoms in total. The lowest BCUT2D eigenvalue weighted by atomic mass is 9.88. The lowest BCUT2D eigenvalue weighted by molar-refractivity contribution is -0.136. The van der Waals surface area contributed by atoms with Crippen LogP contribution in [0.5, 0.6) is 0 Å². The van der Waals surface area contributed by atoms with Gasteiger partial charge in [0.2, 0.25) is 5.91 Å². The molecule has 0 aromatic heterocycles. The van der Waals surface area contributed by atoms with Crippen LogP contribution in [0.1, 0.15) is 43.0 Å². The van der Waals surface area contributed by atoms with Gasteiger partial charge in [-0.3, -0.25) is 9.59 Å². The molecule has 1 saturated carbocycles. The Kier molecular flexibility index (Phi) is 4.27. The number of hydrogen-bond acceptors (Lipinski definition) is 2. The molecular formula is C18H22FNO2. The maximum atomic E-state index is 12.9. The first-order valence-corrected chi connectivity index (χ1v) is 8.15. The summed E-state index contributed by atoms with van der Waals surface area (Å²) in [6, 6.07) is 5.74. The van der Waals surface area contributed by atoms with Crippen LogP contribution in [0.3, 0.4) is 0 Å². The molecule has 0 N–H and O–H groups in total. The van der Waals surface area contributed by atoms with Gasteiger partial charge in [0.25, 0.3) is 0 Å². The Hall–Kier alpha value is -1.71. The van der Waals surface area contributed by atoms with Gasteiger partial charge < -0.3 is 4.90 Å². The third-order valence-corrected chi connectivity index (χ3v) is 5.02. The minimum absolute atomic E-state index is 0.0502. The molecule has 1 amide bonds. The Morgan fingerprint density at radius 3 is 2.23 bits per heavy atom. The molecule has 0 spiro atoms. The van der Waals surface area contributed by atoms with E-state index in [1.807, 2.05) is 11.8 Å². The number of halogens is 1. The van der Waals surface area contributed by atoms with Crippen molar-refractivity contribution in [2.75, 3.05) is 13.1 Å². The van der Waals surface area contributed by atoms with Crippen molar-refractivity contribution in [1.29, 1.82) is 0 Å². The van der Waals surface area contributed by atoms with E-state index in [2.05, 4.69) is 0 Å². The summed E-state index contributed by atoms with van der Waals surface area (Å²) >= 11 is 0. The molecule has 118 valence electrons. The predicted octanol–water partition coefficient (Wildman–Crippen LogP) is 3.29. The second-order valence-electron chi connectivity index (χ2n) is 6.60. The lowest BCUT2D eigenvalue weighted by Crippen LogP contribution is -2.43. The number of carbonyl (C=O) groups excluding carboxylic acids is 2. The largest absolute Gasteiger partial charge is 0.342 e. The number of ketones is 1. The smallest absolute Gasteiger partial charge is 0.225 e. The van der Waals surface area contributed by atoms with Crippen molar-refractivity contribution < 1.29 is 14.0 Å². The fourth-order valence-corrected chi connectivity index (χ4v) is 3.30. The van der Waals surface area contributed by atoms with Crippen molar-refractivity contribution in [2.24, 2.45) is 17.8 Å². The first kappa shape index (κ1) is 15.2. The van der Waals surface area contributed by atoms with Crippen LogP contribution in [0, 0.1) is 23.6 Å².